The zero-order valence-corrected chi connectivity index (χ0v) is 15.7. The SMILES string of the molecule is O=CSCCOP(=O)(Oc1ccc([N+](=O)[O-])cc1)Oc1ccc([N+](=O)[O-])cc1. The van der Waals surface area contributed by atoms with Gasteiger partial charge in [0.2, 0.25) is 0 Å². The van der Waals surface area contributed by atoms with Crippen LogP contribution in [0.15, 0.2) is 48.5 Å². The van der Waals surface area contributed by atoms with Crippen molar-refractivity contribution in [3.63, 3.8) is 0 Å². The predicted molar refractivity (Wildman–Crippen MR) is 100 cm³/mol. The van der Waals surface area contributed by atoms with Gasteiger partial charge in [0.15, 0.2) is 5.62 Å². The van der Waals surface area contributed by atoms with Crippen LogP contribution < -0.4 is 9.05 Å². The quantitative estimate of drug-likeness (QED) is 0.169. The number of non-ortho nitro benzene ring substituents is 2. The van der Waals surface area contributed by atoms with Crippen LogP contribution in [0.25, 0.3) is 0 Å². The summed E-state index contributed by atoms with van der Waals surface area (Å²) in [6.07, 6.45) is 0. The number of phosphoric acid groups is 1. The molecule has 0 saturated carbocycles. The number of nitro groups is 2. The Hall–Kier alpha value is -2.95. The smallest absolute Gasteiger partial charge is 0.395 e. The summed E-state index contributed by atoms with van der Waals surface area (Å²) in [6.45, 7) is -0.152. The Kier molecular flexibility index (Phi) is 7.50. The van der Waals surface area contributed by atoms with Crippen molar-refractivity contribution in [2.24, 2.45) is 0 Å². The molecule has 2 aromatic rings. The highest BCUT2D eigenvalue weighted by Gasteiger charge is 2.31. The summed E-state index contributed by atoms with van der Waals surface area (Å²) in [5.41, 5.74) is 0.200. The van der Waals surface area contributed by atoms with E-state index in [1.807, 2.05) is 0 Å². The van der Waals surface area contributed by atoms with E-state index >= 15 is 0 Å². The molecule has 0 spiro atoms. The minimum Gasteiger partial charge on any atom is -0.395 e. The molecule has 28 heavy (non-hydrogen) atoms. The van der Waals surface area contributed by atoms with Gasteiger partial charge in [0, 0.05) is 30.0 Å². The first kappa shape index (κ1) is 21.4. The van der Waals surface area contributed by atoms with Crippen LogP contribution in [0.4, 0.5) is 11.4 Å². The minimum atomic E-state index is -4.25. The van der Waals surface area contributed by atoms with Crippen molar-refractivity contribution >= 4 is 36.6 Å². The van der Waals surface area contributed by atoms with E-state index in [9.17, 15) is 29.6 Å². The lowest BCUT2D eigenvalue weighted by Gasteiger charge is -2.18. The van der Waals surface area contributed by atoms with E-state index in [0.29, 0.717) is 5.62 Å². The Morgan fingerprint density at radius 2 is 1.32 bits per heavy atom. The number of hydrogen-bond donors (Lipinski definition) is 0. The van der Waals surface area contributed by atoms with Crippen molar-refractivity contribution in [2.45, 2.75) is 0 Å². The fourth-order valence-electron chi connectivity index (χ4n) is 1.83. The number of nitro benzene ring substituents is 2. The van der Waals surface area contributed by atoms with Crippen LogP contribution in [0.5, 0.6) is 11.5 Å². The van der Waals surface area contributed by atoms with Crippen LogP contribution in [0.3, 0.4) is 0 Å². The van der Waals surface area contributed by atoms with Crippen molar-refractivity contribution in [1.29, 1.82) is 0 Å². The first-order chi connectivity index (χ1) is 13.3. The highest BCUT2D eigenvalue weighted by atomic mass is 32.2. The van der Waals surface area contributed by atoms with Gasteiger partial charge in [0.1, 0.15) is 11.5 Å². The molecule has 0 N–H and O–H groups in total. The number of thioether (sulfide) groups is 1. The number of hydrogen-bond acceptors (Lipinski definition) is 10. The molecule has 0 bridgehead atoms. The molecular formula is C15H13N2O9PS. The predicted octanol–water partition coefficient (Wildman–Crippen LogP) is 4.01. The molecule has 0 amide bonds. The maximum atomic E-state index is 12.9. The highest BCUT2D eigenvalue weighted by molar-refractivity contribution is 8.11. The summed E-state index contributed by atoms with van der Waals surface area (Å²) in [7, 11) is -4.25. The van der Waals surface area contributed by atoms with Gasteiger partial charge in [-0.3, -0.25) is 29.5 Å². The topological polar surface area (TPSA) is 148 Å². The Morgan fingerprint density at radius 3 is 1.68 bits per heavy atom. The van der Waals surface area contributed by atoms with Crippen LogP contribution in [-0.2, 0) is 13.9 Å². The molecule has 0 atom stereocenters. The zero-order valence-electron chi connectivity index (χ0n) is 14.0. The molecule has 0 aliphatic heterocycles. The zero-order chi connectivity index (χ0) is 20.6. The van der Waals surface area contributed by atoms with E-state index in [0.717, 1.165) is 36.0 Å². The molecule has 0 heterocycles. The molecule has 0 unspecified atom stereocenters. The maximum absolute atomic E-state index is 12.9. The Bertz CT molecular complexity index is 826. The van der Waals surface area contributed by atoms with Crippen molar-refractivity contribution in [2.75, 3.05) is 12.4 Å². The fraction of sp³-hybridized carbons (Fsp3) is 0.133. The molecule has 2 aromatic carbocycles. The molecule has 0 radical (unpaired) electrons. The summed E-state index contributed by atoms with van der Waals surface area (Å²) in [5.74, 6) is 0.151. The standard InChI is InChI=1S/C15H13N2O9PS/c18-11-28-10-9-24-27(23,25-14-5-1-12(2-6-14)16(19)20)26-15-7-3-13(4-8-15)17(21)22/h1-8,11H,9-10H2. The number of nitrogens with zero attached hydrogens (tertiary/aromatic N) is 2. The first-order valence-electron chi connectivity index (χ1n) is 7.51. The van der Waals surface area contributed by atoms with Crippen LogP contribution in [-0.4, -0.2) is 27.8 Å². The van der Waals surface area contributed by atoms with Gasteiger partial charge in [-0.2, -0.15) is 0 Å². The van der Waals surface area contributed by atoms with Gasteiger partial charge in [-0.1, -0.05) is 11.8 Å². The third-order valence-corrected chi connectivity index (χ3v) is 4.95. The number of benzene rings is 2. The first-order valence-corrected chi connectivity index (χ1v) is 10.0. The third kappa shape index (κ3) is 6.34. The van der Waals surface area contributed by atoms with Gasteiger partial charge in [-0.25, -0.2) is 4.57 Å². The number of rotatable bonds is 11. The molecule has 0 aliphatic carbocycles. The lowest BCUT2D eigenvalue weighted by Crippen LogP contribution is -2.07. The van der Waals surface area contributed by atoms with Crippen LogP contribution in [0.1, 0.15) is 0 Å². The van der Waals surface area contributed by atoms with E-state index in [-0.39, 0.29) is 35.2 Å². The maximum Gasteiger partial charge on any atom is 0.587 e. The molecule has 0 aliphatic rings. The molecule has 0 aromatic heterocycles. The second-order valence-electron chi connectivity index (χ2n) is 4.93. The summed E-state index contributed by atoms with van der Waals surface area (Å²) < 4.78 is 28.6. The highest BCUT2D eigenvalue weighted by Crippen LogP contribution is 2.49. The van der Waals surface area contributed by atoms with Gasteiger partial charge in [0.25, 0.3) is 11.4 Å². The lowest BCUT2D eigenvalue weighted by atomic mass is 10.3. The largest absolute Gasteiger partial charge is 0.587 e. The molecule has 0 fully saturated rings. The summed E-state index contributed by atoms with van der Waals surface area (Å²) in [6, 6.07) is 9.45. The molecular weight excluding hydrogens is 415 g/mol. The second kappa shape index (κ2) is 9.83. The number of carbonyl (C=O) groups is 1. The third-order valence-electron chi connectivity index (χ3n) is 3.05. The molecule has 13 heteroatoms. The van der Waals surface area contributed by atoms with Gasteiger partial charge in [0.05, 0.1) is 16.5 Å². The Morgan fingerprint density at radius 1 is 0.893 bits per heavy atom. The molecule has 2 rings (SSSR count). The van der Waals surface area contributed by atoms with Crippen molar-refractivity contribution < 1.29 is 32.8 Å². The van der Waals surface area contributed by atoms with Gasteiger partial charge < -0.3 is 9.05 Å². The van der Waals surface area contributed by atoms with Gasteiger partial charge >= 0.3 is 7.82 Å². The van der Waals surface area contributed by atoms with E-state index in [1.54, 1.807) is 0 Å². The van der Waals surface area contributed by atoms with Crippen molar-refractivity contribution in [1.82, 2.24) is 0 Å². The normalized spacial score (nSPS) is 10.9. The van der Waals surface area contributed by atoms with Crippen molar-refractivity contribution in [3.05, 3.63) is 68.8 Å². The fourth-order valence-corrected chi connectivity index (χ4v) is 3.45. The van der Waals surface area contributed by atoms with Gasteiger partial charge in [-0.05, 0) is 24.3 Å². The van der Waals surface area contributed by atoms with E-state index < -0.39 is 17.7 Å². The average Bonchev–Trinajstić information content (AvgIpc) is 2.66. The summed E-state index contributed by atoms with van der Waals surface area (Å²) >= 11 is 0.884. The molecule has 148 valence electrons. The van der Waals surface area contributed by atoms with E-state index in [2.05, 4.69) is 0 Å². The minimum absolute atomic E-state index is 0.0149. The van der Waals surface area contributed by atoms with Crippen molar-refractivity contribution in [3.8, 4) is 11.5 Å². The Labute approximate surface area is 162 Å². The van der Waals surface area contributed by atoms with Crippen LogP contribution in [0, 0.1) is 20.2 Å². The van der Waals surface area contributed by atoms with Crippen LogP contribution >= 0.6 is 19.6 Å². The summed E-state index contributed by atoms with van der Waals surface area (Å²) in [4.78, 5) is 30.5. The number of carbonyl (C=O) groups excluding carboxylic acids is 1. The summed E-state index contributed by atoms with van der Waals surface area (Å²) in [5, 5.41) is 21.4. The molecule has 0 saturated heterocycles. The van der Waals surface area contributed by atoms with Gasteiger partial charge in [-0.15, -0.1) is 0 Å². The lowest BCUT2D eigenvalue weighted by molar-refractivity contribution is -0.385. The average molecular weight is 428 g/mol. The van der Waals surface area contributed by atoms with E-state index in [4.69, 9.17) is 13.6 Å². The second-order valence-corrected chi connectivity index (χ2v) is 7.38. The molecule has 11 nitrogen and oxygen atoms in total. The monoisotopic (exact) mass is 428 g/mol. The number of phosphoric ester groups is 1. The van der Waals surface area contributed by atoms with Crippen LogP contribution in [0.2, 0.25) is 0 Å². The van der Waals surface area contributed by atoms with E-state index in [1.165, 1.54) is 24.3 Å². The Balaban J connectivity index is 2.18.